The number of rotatable bonds is 4. The molecule has 0 saturated carbocycles. The van der Waals surface area contributed by atoms with Crippen LogP contribution in [-0.4, -0.2) is 18.2 Å². The Morgan fingerprint density at radius 1 is 1.16 bits per heavy atom. The lowest BCUT2D eigenvalue weighted by molar-refractivity contribution is 0.0693. The first-order valence-corrected chi connectivity index (χ1v) is 6.58. The minimum atomic E-state index is -0.903. The van der Waals surface area contributed by atoms with Crippen LogP contribution >= 0.6 is 11.8 Å². The Kier molecular flexibility index (Phi) is 4.12. The van der Waals surface area contributed by atoms with Crippen molar-refractivity contribution in [1.82, 2.24) is 0 Å². The first-order chi connectivity index (χ1) is 9.11. The zero-order valence-electron chi connectivity index (χ0n) is 10.7. The third-order valence-electron chi connectivity index (χ3n) is 2.72. The van der Waals surface area contributed by atoms with Crippen molar-refractivity contribution < 1.29 is 14.6 Å². The van der Waals surface area contributed by atoms with Crippen molar-refractivity contribution in [2.75, 3.05) is 7.11 Å². The number of aromatic carboxylic acids is 1. The van der Waals surface area contributed by atoms with Crippen LogP contribution < -0.4 is 4.74 Å². The van der Waals surface area contributed by atoms with Crippen molar-refractivity contribution in [2.24, 2.45) is 0 Å². The van der Waals surface area contributed by atoms with Gasteiger partial charge in [-0.2, -0.15) is 0 Å². The van der Waals surface area contributed by atoms with Crippen LogP contribution in [0.3, 0.4) is 0 Å². The van der Waals surface area contributed by atoms with E-state index in [-0.39, 0.29) is 0 Å². The lowest BCUT2D eigenvalue weighted by Crippen LogP contribution is -2.00. The molecule has 0 radical (unpaired) electrons. The van der Waals surface area contributed by atoms with Crippen LogP contribution in [0.15, 0.2) is 52.3 Å². The Bertz CT molecular complexity index is 591. The first kappa shape index (κ1) is 13.5. The van der Waals surface area contributed by atoms with E-state index in [1.165, 1.54) is 11.8 Å². The topological polar surface area (TPSA) is 46.5 Å². The van der Waals surface area contributed by atoms with E-state index in [0.29, 0.717) is 5.56 Å². The molecule has 0 fully saturated rings. The Hall–Kier alpha value is -1.94. The predicted molar refractivity (Wildman–Crippen MR) is 75.3 cm³/mol. The fraction of sp³-hybridized carbons (Fsp3) is 0.133. The number of methoxy groups -OCH3 is 1. The monoisotopic (exact) mass is 274 g/mol. The molecule has 2 aromatic carbocycles. The number of carboxylic acids is 1. The van der Waals surface area contributed by atoms with Crippen LogP contribution in [0.5, 0.6) is 5.75 Å². The van der Waals surface area contributed by atoms with E-state index in [1.807, 2.05) is 37.3 Å². The molecule has 0 spiro atoms. The van der Waals surface area contributed by atoms with Crippen molar-refractivity contribution in [3.05, 3.63) is 53.6 Å². The van der Waals surface area contributed by atoms with Crippen LogP contribution in [0.1, 0.15) is 15.9 Å². The molecule has 0 saturated heterocycles. The van der Waals surface area contributed by atoms with Gasteiger partial charge in [-0.3, -0.25) is 0 Å². The van der Waals surface area contributed by atoms with Gasteiger partial charge in [0.2, 0.25) is 0 Å². The van der Waals surface area contributed by atoms with Gasteiger partial charge in [0.25, 0.3) is 0 Å². The van der Waals surface area contributed by atoms with Gasteiger partial charge >= 0.3 is 5.97 Å². The summed E-state index contributed by atoms with van der Waals surface area (Å²) >= 11 is 1.45. The molecular weight excluding hydrogens is 260 g/mol. The third-order valence-corrected chi connectivity index (χ3v) is 3.98. The van der Waals surface area contributed by atoms with Gasteiger partial charge in [0, 0.05) is 9.79 Å². The second-order valence-electron chi connectivity index (χ2n) is 4.03. The summed E-state index contributed by atoms with van der Waals surface area (Å²) in [5, 5.41) is 9.22. The molecule has 1 N–H and O–H groups in total. The molecule has 19 heavy (non-hydrogen) atoms. The van der Waals surface area contributed by atoms with Crippen LogP contribution in [0.25, 0.3) is 0 Å². The Balaban J connectivity index is 2.34. The van der Waals surface area contributed by atoms with Crippen LogP contribution in [0, 0.1) is 6.92 Å². The molecule has 2 rings (SSSR count). The molecule has 3 nitrogen and oxygen atoms in total. The molecule has 0 bridgehead atoms. The Morgan fingerprint density at radius 3 is 2.42 bits per heavy atom. The highest BCUT2D eigenvalue weighted by atomic mass is 32.2. The molecule has 2 aromatic rings. The molecule has 0 aliphatic carbocycles. The van der Waals surface area contributed by atoms with E-state index in [1.54, 1.807) is 19.2 Å². The molecular formula is C15H14O3S. The highest BCUT2D eigenvalue weighted by Gasteiger charge is 2.13. The minimum absolute atomic E-state index is 0.334. The number of hydrogen-bond donors (Lipinski definition) is 1. The van der Waals surface area contributed by atoms with Gasteiger partial charge in [-0.25, -0.2) is 4.79 Å². The summed E-state index contributed by atoms with van der Waals surface area (Å²) in [7, 11) is 1.62. The second kappa shape index (κ2) is 5.80. The lowest BCUT2D eigenvalue weighted by atomic mass is 10.1. The number of aryl methyl sites for hydroxylation is 1. The molecule has 0 atom stereocenters. The smallest absolute Gasteiger partial charge is 0.336 e. The van der Waals surface area contributed by atoms with E-state index in [4.69, 9.17) is 4.74 Å². The average Bonchev–Trinajstić information content (AvgIpc) is 2.41. The average molecular weight is 274 g/mol. The zero-order valence-corrected chi connectivity index (χ0v) is 11.5. The Morgan fingerprint density at radius 2 is 1.84 bits per heavy atom. The molecule has 4 heteroatoms. The van der Waals surface area contributed by atoms with Gasteiger partial charge in [0.15, 0.2) is 0 Å². The normalized spacial score (nSPS) is 10.2. The summed E-state index contributed by atoms with van der Waals surface area (Å²) in [6.07, 6.45) is 0. The van der Waals surface area contributed by atoms with Crippen LogP contribution in [-0.2, 0) is 0 Å². The summed E-state index contributed by atoms with van der Waals surface area (Å²) in [4.78, 5) is 13.0. The van der Waals surface area contributed by atoms with Gasteiger partial charge in [-0.1, -0.05) is 23.9 Å². The molecule has 0 unspecified atom stereocenters. The lowest BCUT2D eigenvalue weighted by Gasteiger charge is -2.09. The zero-order chi connectivity index (χ0) is 13.8. The fourth-order valence-electron chi connectivity index (χ4n) is 1.72. The van der Waals surface area contributed by atoms with E-state index in [0.717, 1.165) is 21.1 Å². The van der Waals surface area contributed by atoms with Crippen molar-refractivity contribution in [1.29, 1.82) is 0 Å². The van der Waals surface area contributed by atoms with Crippen LogP contribution in [0.2, 0.25) is 0 Å². The van der Waals surface area contributed by atoms with Gasteiger partial charge in [0.05, 0.1) is 12.7 Å². The van der Waals surface area contributed by atoms with E-state index in [2.05, 4.69) is 0 Å². The number of carbonyl (C=O) groups is 1. The maximum absolute atomic E-state index is 11.2. The SMILES string of the molecule is COc1ccc(Sc2c(C)cccc2C(=O)O)cc1. The summed E-state index contributed by atoms with van der Waals surface area (Å²) in [5.41, 5.74) is 1.29. The molecule has 98 valence electrons. The maximum Gasteiger partial charge on any atom is 0.336 e. The van der Waals surface area contributed by atoms with E-state index < -0.39 is 5.97 Å². The highest BCUT2D eigenvalue weighted by molar-refractivity contribution is 7.99. The van der Waals surface area contributed by atoms with Crippen molar-refractivity contribution in [2.45, 2.75) is 16.7 Å². The third kappa shape index (κ3) is 3.09. The quantitative estimate of drug-likeness (QED) is 0.919. The number of ether oxygens (including phenoxy) is 1. The molecule has 0 heterocycles. The Labute approximate surface area is 116 Å². The summed E-state index contributed by atoms with van der Waals surface area (Å²) in [6, 6.07) is 12.9. The molecule has 0 aliphatic heterocycles. The summed E-state index contributed by atoms with van der Waals surface area (Å²) in [6.45, 7) is 1.91. The highest BCUT2D eigenvalue weighted by Crippen LogP contribution is 2.33. The van der Waals surface area contributed by atoms with Crippen molar-refractivity contribution >= 4 is 17.7 Å². The van der Waals surface area contributed by atoms with Crippen molar-refractivity contribution in [3.63, 3.8) is 0 Å². The van der Waals surface area contributed by atoms with E-state index in [9.17, 15) is 9.90 Å². The van der Waals surface area contributed by atoms with Gasteiger partial charge in [-0.05, 0) is 42.8 Å². The fourth-order valence-corrected chi connectivity index (χ4v) is 2.72. The molecule has 0 aromatic heterocycles. The largest absolute Gasteiger partial charge is 0.497 e. The van der Waals surface area contributed by atoms with Gasteiger partial charge in [0.1, 0.15) is 5.75 Å². The number of carboxylic acid groups (broad SMARTS) is 1. The first-order valence-electron chi connectivity index (χ1n) is 5.76. The number of benzene rings is 2. The van der Waals surface area contributed by atoms with Crippen molar-refractivity contribution in [3.8, 4) is 5.75 Å². The van der Waals surface area contributed by atoms with Crippen LogP contribution in [0.4, 0.5) is 0 Å². The van der Waals surface area contributed by atoms with E-state index >= 15 is 0 Å². The van der Waals surface area contributed by atoms with Gasteiger partial charge < -0.3 is 9.84 Å². The molecule has 0 aliphatic rings. The maximum atomic E-state index is 11.2. The summed E-state index contributed by atoms with van der Waals surface area (Å²) in [5.74, 6) is -0.118. The van der Waals surface area contributed by atoms with Gasteiger partial charge in [-0.15, -0.1) is 0 Å². The number of hydrogen-bond acceptors (Lipinski definition) is 3. The molecule has 0 amide bonds. The minimum Gasteiger partial charge on any atom is -0.497 e. The second-order valence-corrected chi connectivity index (χ2v) is 5.12. The predicted octanol–water partition coefficient (Wildman–Crippen LogP) is 3.85. The summed E-state index contributed by atoms with van der Waals surface area (Å²) < 4.78 is 5.10. The standard InChI is InChI=1S/C15H14O3S/c1-10-4-3-5-13(15(16)17)14(10)19-12-8-6-11(18-2)7-9-12/h3-9H,1-2H3,(H,16,17).